The summed E-state index contributed by atoms with van der Waals surface area (Å²) in [4.78, 5) is 23.9. The normalized spacial score (nSPS) is 11.6. The fourth-order valence-corrected chi connectivity index (χ4v) is 2.35. The average molecular weight is 408 g/mol. The van der Waals surface area contributed by atoms with Gasteiger partial charge in [0.1, 0.15) is 11.5 Å². The van der Waals surface area contributed by atoms with E-state index < -0.39 is 52.4 Å². The van der Waals surface area contributed by atoms with Crippen LogP contribution in [0.5, 0.6) is 46.0 Å². The zero-order valence-electron chi connectivity index (χ0n) is 15.3. The van der Waals surface area contributed by atoms with Gasteiger partial charge in [-0.25, -0.2) is 0 Å². The molecule has 0 aliphatic rings. The van der Waals surface area contributed by atoms with Crippen LogP contribution in [-0.2, 0) is 9.59 Å². The Bertz CT molecular complexity index is 875. The molecule has 1 atom stereocenters. The van der Waals surface area contributed by atoms with Crippen LogP contribution in [-0.4, -0.2) is 42.6 Å². The summed E-state index contributed by atoms with van der Waals surface area (Å²) in [5.74, 6) is -6.31. The number of rotatable bonds is 7. The smallest absolute Gasteiger partial charge is 0.314 e. The van der Waals surface area contributed by atoms with Gasteiger partial charge in [-0.1, -0.05) is 6.92 Å². The van der Waals surface area contributed by atoms with E-state index in [0.29, 0.717) is 0 Å². The van der Waals surface area contributed by atoms with Gasteiger partial charge in [-0.3, -0.25) is 9.59 Å². The van der Waals surface area contributed by atoms with Crippen LogP contribution in [0.15, 0.2) is 24.3 Å². The summed E-state index contributed by atoms with van der Waals surface area (Å²) >= 11 is 0. The molecule has 0 amide bonds. The Labute approximate surface area is 164 Å². The van der Waals surface area contributed by atoms with E-state index in [4.69, 9.17) is 9.47 Å². The lowest BCUT2D eigenvalue weighted by Crippen LogP contribution is -2.18. The SMILES string of the molecule is CC(CCCC(=O)Oc1cc(O)c(O)c(O)c1)C(=O)Oc1cc(O)c(O)c(O)c1. The van der Waals surface area contributed by atoms with Crippen molar-refractivity contribution in [2.24, 2.45) is 5.92 Å². The Morgan fingerprint density at radius 1 is 0.793 bits per heavy atom. The summed E-state index contributed by atoms with van der Waals surface area (Å²) in [5, 5.41) is 56.1. The highest BCUT2D eigenvalue weighted by Gasteiger charge is 2.19. The highest BCUT2D eigenvalue weighted by atomic mass is 16.5. The number of carbonyl (C=O) groups is 2. The monoisotopic (exact) mass is 408 g/mol. The van der Waals surface area contributed by atoms with Crippen molar-refractivity contribution in [3.8, 4) is 46.0 Å². The van der Waals surface area contributed by atoms with Crippen LogP contribution in [0.2, 0.25) is 0 Å². The molecule has 2 aromatic carbocycles. The van der Waals surface area contributed by atoms with Crippen LogP contribution >= 0.6 is 0 Å². The van der Waals surface area contributed by atoms with Crippen LogP contribution in [0.4, 0.5) is 0 Å². The molecule has 156 valence electrons. The van der Waals surface area contributed by atoms with E-state index in [2.05, 4.69) is 0 Å². The van der Waals surface area contributed by atoms with E-state index in [1.54, 1.807) is 6.92 Å². The zero-order chi connectivity index (χ0) is 21.7. The second-order valence-corrected chi connectivity index (χ2v) is 6.31. The molecule has 6 N–H and O–H groups in total. The van der Waals surface area contributed by atoms with Crippen molar-refractivity contribution in [3.63, 3.8) is 0 Å². The first-order valence-corrected chi connectivity index (χ1v) is 8.50. The average Bonchev–Trinajstić information content (AvgIpc) is 2.63. The fraction of sp³-hybridized carbons (Fsp3) is 0.263. The summed E-state index contributed by atoms with van der Waals surface area (Å²) in [6, 6.07) is 3.88. The van der Waals surface area contributed by atoms with Crippen LogP contribution in [0.25, 0.3) is 0 Å². The van der Waals surface area contributed by atoms with Gasteiger partial charge in [-0.2, -0.15) is 0 Å². The second-order valence-electron chi connectivity index (χ2n) is 6.31. The molecule has 0 radical (unpaired) electrons. The van der Waals surface area contributed by atoms with Crippen LogP contribution in [0.3, 0.4) is 0 Å². The summed E-state index contributed by atoms with van der Waals surface area (Å²) < 4.78 is 9.96. The summed E-state index contributed by atoms with van der Waals surface area (Å²) in [6.07, 6.45) is 0.452. The lowest BCUT2D eigenvalue weighted by atomic mass is 10.0. The lowest BCUT2D eigenvalue weighted by Gasteiger charge is -2.12. The van der Waals surface area contributed by atoms with E-state index in [1.165, 1.54) is 0 Å². The minimum absolute atomic E-state index is 0.0686. The Hall–Kier alpha value is -3.82. The van der Waals surface area contributed by atoms with Gasteiger partial charge in [0.05, 0.1) is 5.92 Å². The Morgan fingerprint density at radius 3 is 1.66 bits per heavy atom. The maximum absolute atomic E-state index is 12.1. The van der Waals surface area contributed by atoms with Crippen LogP contribution in [0, 0.1) is 5.92 Å². The molecule has 2 rings (SSSR count). The van der Waals surface area contributed by atoms with Crippen molar-refractivity contribution >= 4 is 11.9 Å². The Kier molecular flexibility index (Phi) is 6.60. The van der Waals surface area contributed by atoms with E-state index >= 15 is 0 Å². The molecule has 2 aromatic rings. The molecule has 0 bridgehead atoms. The molecule has 0 saturated heterocycles. The highest BCUT2D eigenvalue weighted by Crippen LogP contribution is 2.39. The molecule has 0 spiro atoms. The topological polar surface area (TPSA) is 174 Å². The minimum Gasteiger partial charge on any atom is -0.504 e. The molecule has 10 heteroatoms. The van der Waals surface area contributed by atoms with Crippen molar-refractivity contribution in [1.82, 2.24) is 0 Å². The van der Waals surface area contributed by atoms with E-state index in [0.717, 1.165) is 24.3 Å². The summed E-state index contributed by atoms with van der Waals surface area (Å²) in [6.45, 7) is 1.56. The first-order chi connectivity index (χ1) is 13.6. The van der Waals surface area contributed by atoms with Crippen LogP contribution in [0.1, 0.15) is 26.2 Å². The first-order valence-electron chi connectivity index (χ1n) is 8.50. The third-order valence-electron chi connectivity index (χ3n) is 3.96. The molecular formula is C19H20O10. The molecule has 0 aromatic heterocycles. The van der Waals surface area contributed by atoms with Crippen molar-refractivity contribution in [1.29, 1.82) is 0 Å². The third-order valence-corrected chi connectivity index (χ3v) is 3.96. The molecule has 0 saturated carbocycles. The Balaban J connectivity index is 1.82. The molecule has 29 heavy (non-hydrogen) atoms. The quantitative estimate of drug-likeness (QED) is 0.226. The molecule has 1 unspecified atom stereocenters. The van der Waals surface area contributed by atoms with Gasteiger partial charge in [0, 0.05) is 30.7 Å². The van der Waals surface area contributed by atoms with Gasteiger partial charge in [-0.05, 0) is 12.8 Å². The number of ether oxygens (including phenoxy) is 2. The van der Waals surface area contributed by atoms with Crippen molar-refractivity contribution < 1.29 is 49.7 Å². The predicted octanol–water partition coefficient (Wildman–Crippen LogP) is 2.24. The fourth-order valence-electron chi connectivity index (χ4n) is 2.35. The highest BCUT2D eigenvalue weighted by molar-refractivity contribution is 5.76. The van der Waals surface area contributed by atoms with Crippen molar-refractivity contribution in [2.45, 2.75) is 26.2 Å². The first kappa shape index (κ1) is 21.5. The minimum atomic E-state index is -0.730. The number of phenols is 6. The molecule has 0 aliphatic carbocycles. The maximum atomic E-state index is 12.1. The van der Waals surface area contributed by atoms with E-state index in [1.807, 2.05) is 0 Å². The second kappa shape index (κ2) is 8.91. The number of esters is 2. The molecular weight excluding hydrogens is 388 g/mol. The number of phenolic OH excluding ortho intramolecular Hbond substituents is 6. The van der Waals surface area contributed by atoms with E-state index in [-0.39, 0.29) is 30.8 Å². The zero-order valence-corrected chi connectivity index (χ0v) is 15.3. The number of benzene rings is 2. The van der Waals surface area contributed by atoms with Crippen molar-refractivity contribution in [2.75, 3.05) is 0 Å². The molecule has 10 nitrogen and oxygen atoms in total. The van der Waals surface area contributed by atoms with Gasteiger partial charge in [0.15, 0.2) is 23.0 Å². The summed E-state index contributed by atoms with van der Waals surface area (Å²) in [7, 11) is 0. The van der Waals surface area contributed by atoms with Gasteiger partial charge in [0.25, 0.3) is 0 Å². The van der Waals surface area contributed by atoms with Gasteiger partial charge < -0.3 is 40.1 Å². The molecule has 0 heterocycles. The molecule has 0 aliphatic heterocycles. The largest absolute Gasteiger partial charge is 0.504 e. The standard InChI is InChI=1S/C19H20O10/c1-9(19(27)29-11-7-14(22)18(26)15(23)8-11)3-2-4-16(24)28-10-5-12(20)17(25)13(21)6-10/h5-9,20-23,25-26H,2-4H2,1H3. The van der Waals surface area contributed by atoms with Crippen LogP contribution < -0.4 is 9.47 Å². The van der Waals surface area contributed by atoms with Gasteiger partial charge in [-0.15, -0.1) is 0 Å². The summed E-state index contributed by atoms with van der Waals surface area (Å²) in [5.41, 5.74) is 0. The predicted molar refractivity (Wildman–Crippen MR) is 97.2 cm³/mol. The lowest BCUT2D eigenvalue weighted by molar-refractivity contribution is -0.139. The molecule has 0 fully saturated rings. The van der Waals surface area contributed by atoms with Gasteiger partial charge >= 0.3 is 11.9 Å². The number of hydrogen-bond donors (Lipinski definition) is 6. The van der Waals surface area contributed by atoms with Gasteiger partial charge in [0.2, 0.25) is 11.5 Å². The Morgan fingerprint density at radius 2 is 1.21 bits per heavy atom. The maximum Gasteiger partial charge on any atom is 0.314 e. The van der Waals surface area contributed by atoms with Crippen molar-refractivity contribution in [3.05, 3.63) is 24.3 Å². The number of aromatic hydroxyl groups is 6. The van der Waals surface area contributed by atoms with E-state index in [9.17, 15) is 40.2 Å². The third kappa shape index (κ3) is 5.58. The number of hydrogen-bond acceptors (Lipinski definition) is 10. The number of carbonyl (C=O) groups excluding carboxylic acids is 2.